The quantitative estimate of drug-likeness (QED) is 0.752. The van der Waals surface area contributed by atoms with Crippen LogP contribution >= 0.6 is 0 Å². The molecule has 0 saturated heterocycles. The Hall–Kier alpha value is -0.870. The molecule has 0 aromatic carbocycles. The van der Waals surface area contributed by atoms with Gasteiger partial charge in [0.1, 0.15) is 6.10 Å². The average molecular weight is 183 g/mol. The SMILES string of the molecule is CC(C)OC(CN)c1cncn1C. The number of ether oxygens (including phenoxy) is 1. The van der Waals surface area contributed by atoms with Crippen molar-refractivity contribution in [2.24, 2.45) is 12.8 Å². The third-order valence-corrected chi connectivity index (χ3v) is 1.83. The molecule has 1 aromatic heterocycles. The molecule has 0 amide bonds. The fourth-order valence-electron chi connectivity index (χ4n) is 1.25. The summed E-state index contributed by atoms with van der Waals surface area (Å²) in [5.41, 5.74) is 6.64. The molecule has 0 aliphatic heterocycles. The molecule has 1 aromatic rings. The van der Waals surface area contributed by atoms with Gasteiger partial charge in [0.05, 0.1) is 24.3 Å². The molecule has 4 heteroatoms. The van der Waals surface area contributed by atoms with Crippen LogP contribution in [0.15, 0.2) is 12.5 Å². The number of rotatable bonds is 4. The van der Waals surface area contributed by atoms with Gasteiger partial charge < -0.3 is 15.0 Å². The Kier molecular flexibility index (Phi) is 3.45. The van der Waals surface area contributed by atoms with Crippen molar-refractivity contribution in [2.45, 2.75) is 26.1 Å². The number of hydrogen-bond acceptors (Lipinski definition) is 3. The van der Waals surface area contributed by atoms with E-state index in [1.165, 1.54) is 0 Å². The van der Waals surface area contributed by atoms with E-state index in [2.05, 4.69) is 4.98 Å². The molecule has 1 atom stereocenters. The number of imidazole rings is 1. The van der Waals surface area contributed by atoms with Gasteiger partial charge in [-0.1, -0.05) is 0 Å². The van der Waals surface area contributed by atoms with Gasteiger partial charge in [-0.15, -0.1) is 0 Å². The van der Waals surface area contributed by atoms with E-state index in [1.807, 2.05) is 25.5 Å². The normalized spacial score (nSPS) is 13.6. The molecule has 0 spiro atoms. The zero-order valence-electron chi connectivity index (χ0n) is 8.40. The van der Waals surface area contributed by atoms with Crippen LogP contribution in [0.1, 0.15) is 25.6 Å². The van der Waals surface area contributed by atoms with E-state index < -0.39 is 0 Å². The summed E-state index contributed by atoms with van der Waals surface area (Å²) < 4.78 is 7.57. The van der Waals surface area contributed by atoms with Crippen LogP contribution in [-0.2, 0) is 11.8 Å². The van der Waals surface area contributed by atoms with Gasteiger partial charge in [0.15, 0.2) is 0 Å². The van der Waals surface area contributed by atoms with Crippen LogP contribution < -0.4 is 5.73 Å². The number of nitrogens with zero attached hydrogens (tertiary/aromatic N) is 2. The fraction of sp³-hybridized carbons (Fsp3) is 0.667. The first-order chi connectivity index (χ1) is 6.15. The van der Waals surface area contributed by atoms with Crippen LogP contribution in [0.4, 0.5) is 0 Å². The third kappa shape index (κ3) is 2.54. The predicted octanol–water partition coefficient (Wildman–Crippen LogP) is 0.845. The maximum absolute atomic E-state index is 5.64. The Morgan fingerprint density at radius 3 is 2.69 bits per heavy atom. The Bertz CT molecular complexity index is 257. The van der Waals surface area contributed by atoms with Gasteiger partial charge in [0, 0.05) is 13.6 Å². The molecule has 1 unspecified atom stereocenters. The second-order valence-electron chi connectivity index (χ2n) is 3.34. The third-order valence-electron chi connectivity index (χ3n) is 1.83. The summed E-state index contributed by atoms with van der Waals surface area (Å²) in [6, 6.07) is 0. The van der Waals surface area contributed by atoms with Crippen molar-refractivity contribution in [3.05, 3.63) is 18.2 Å². The summed E-state index contributed by atoms with van der Waals surface area (Å²) in [5.74, 6) is 0. The highest BCUT2D eigenvalue weighted by atomic mass is 16.5. The molecule has 0 radical (unpaired) electrons. The number of hydrogen-bond donors (Lipinski definition) is 1. The number of aryl methyl sites for hydroxylation is 1. The minimum absolute atomic E-state index is 0.0486. The maximum atomic E-state index is 5.64. The van der Waals surface area contributed by atoms with Crippen LogP contribution in [0.5, 0.6) is 0 Å². The summed E-state index contributed by atoms with van der Waals surface area (Å²) in [4.78, 5) is 4.03. The monoisotopic (exact) mass is 183 g/mol. The number of nitrogens with two attached hydrogens (primary N) is 1. The van der Waals surface area contributed by atoms with Crippen LogP contribution in [0.25, 0.3) is 0 Å². The molecule has 4 nitrogen and oxygen atoms in total. The molecule has 1 heterocycles. The highest BCUT2D eigenvalue weighted by Crippen LogP contribution is 2.16. The first-order valence-electron chi connectivity index (χ1n) is 4.47. The van der Waals surface area contributed by atoms with Crippen LogP contribution in [-0.4, -0.2) is 22.2 Å². The molecule has 0 aliphatic rings. The summed E-state index contributed by atoms with van der Waals surface area (Å²) >= 11 is 0. The largest absolute Gasteiger partial charge is 0.368 e. The van der Waals surface area contributed by atoms with Crippen LogP contribution in [0, 0.1) is 0 Å². The molecule has 0 fully saturated rings. The molecule has 1 rings (SSSR count). The number of aromatic nitrogens is 2. The van der Waals surface area contributed by atoms with E-state index in [4.69, 9.17) is 10.5 Å². The first-order valence-corrected chi connectivity index (χ1v) is 4.47. The molecule has 74 valence electrons. The lowest BCUT2D eigenvalue weighted by molar-refractivity contribution is 0.00807. The molecule has 0 aliphatic carbocycles. The van der Waals surface area contributed by atoms with Gasteiger partial charge in [-0.2, -0.15) is 0 Å². The minimum atomic E-state index is -0.0486. The van der Waals surface area contributed by atoms with E-state index in [9.17, 15) is 0 Å². The predicted molar refractivity (Wildman–Crippen MR) is 51.2 cm³/mol. The smallest absolute Gasteiger partial charge is 0.111 e. The highest BCUT2D eigenvalue weighted by molar-refractivity contribution is 5.02. The van der Waals surface area contributed by atoms with Crippen molar-refractivity contribution >= 4 is 0 Å². The van der Waals surface area contributed by atoms with Crippen molar-refractivity contribution in [1.82, 2.24) is 9.55 Å². The molecule has 2 N–H and O–H groups in total. The van der Waals surface area contributed by atoms with Gasteiger partial charge in [0.2, 0.25) is 0 Å². The minimum Gasteiger partial charge on any atom is -0.368 e. The van der Waals surface area contributed by atoms with Gasteiger partial charge in [-0.3, -0.25) is 0 Å². The lowest BCUT2D eigenvalue weighted by Gasteiger charge is -2.18. The van der Waals surface area contributed by atoms with Gasteiger partial charge in [-0.25, -0.2) is 4.98 Å². The van der Waals surface area contributed by atoms with Gasteiger partial charge >= 0.3 is 0 Å². The zero-order valence-corrected chi connectivity index (χ0v) is 8.40. The van der Waals surface area contributed by atoms with E-state index in [0.717, 1.165) is 5.69 Å². The van der Waals surface area contributed by atoms with Crippen molar-refractivity contribution in [3.8, 4) is 0 Å². The summed E-state index contributed by atoms with van der Waals surface area (Å²) in [7, 11) is 1.94. The van der Waals surface area contributed by atoms with E-state index in [-0.39, 0.29) is 12.2 Å². The second kappa shape index (κ2) is 4.39. The molecule has 13 heavy (non-hydrogen) atoms. The Morgan fingerprint density at radius 2 is 2.31 bits per heavy atom. The topological polar surface area (TPSA) is 53.1 Å². The Labute approximate surface area is 78.7 Å². The average Bonchev–Trinajstić information content (AvgIpc) is 2.47. The van der Waals surface area contributed by atoms with Crippen LogP contribution in [0.3, 0.4) is 0 Å². The lowest BCUT2D eigenvalue weighted by atomic mass is 10.2. The first kappa shape index (κ1) is 10.2. The van der Waals surface area contributed by atoms with Gasteiger partial charge in [-0.05, 0) is 13.8 Å². The van der Waals surface area contributed by atoms with Crippen molar-refractivity contribution < 1.29 is 4.74 Å². The van der Waals surface area contributed by atoms with E-state index in [1.54, 1.807) is 12.5 Å². The summed E-state index contributed by atoms with van der Waals surface area (Å²) in [6.07, 6.45) is 3.68. The van der Waals surface area contributed by atoms with Crippen molar-refractivity contribution in [3.63, 3.8) is 0 Å². The standard InChI is InChI=1S/C9H17N3O/c1-7(2)13-9(4-10)8-5-11-6-12(8)3/h5-7,9H,4,10H2,1-3H3. The van der Waals surface area contributed by atoms with Gasteiger partial charge in [0.25, 0.3) is 0 Å². The molecular weight excluding hydrogens is 166 g/mol. The van der Waals surface area contributed by atoms with Crippen LogP contribution in [0.2, 0.25) is 0 Å². The highest BCUT2D eigenvalue weighted by Gasteiger charge is 2.14. The van der Waals surface area contributed by atoms with Crippen molar-refractivity contribution in [2.75, 3.05) is 6.54 Å². The summed E-state index contributed by atoms with van der Waals surface area (Å²) in [6.45, 7) is 4.48. The molecular formula is C9H17N3O. The van der Waals surface area contributed by atoms with Crippen molar-refractivity contribution in [1.29, 1.82) is 0 Å². The summed E-state index contributed by atoms with van der Waals surface area (Å²) in [5, 5.41) is 0. The molecule has 0 saturated carbocycles. The zero-order chi connectivity index (χ0) is 9.84. The lowest BCUT2D eigenvalue weighted by Crippen LogP contribution is -2.21. The fourth-order valence-corrected chi connectivity index (χ4v) is 1.25. The molecule has 0 bridgehead atoms. The maximum Gasteiger partial charge on any atom is 0.111 e. The Morgan fingerprint density at radius 1 is 1.62 bits per heavy atom. The van der Waals surface area contributed by atoms with E-state index >= 15 is 0 Å². The Balaban J connectivity index is 2.72. The second-order valence-corrected chi connectivity index (χ2v) is 3.34. The van der Waals surface area contributed by atoms with E-state index in [0.29, 0.717) is 6.54 Å².